The van der Waals surface area contributed by atoms with E-state index in [1.54, 1.807) is 0 Å². The molecule has 2 aromatic rings. The van der Waals surface area contributed by atoms with Crippen molar-refractivity contribution < 1.29 is 4.74 Å². The van der Waals surface area contributed by atoms with Gasteiger partial charge < -0.3 is 9.64 Å². The first-order chi connectivity index (χ1) is 12.8. The monoisotopic (exact) mass is 370 g/mol. The number of rotatable bonds is 5. The Morgan fingerprint density at radius 2 is 1.88 bits per heavy atom. The quantitative estimate of drug-likeness (QED) is 0.790. The zero-order chi connectivity index (χ0) is 17.7. The molecule has 26 heavy (non-hydrogen) atoms. The maximum atomic E-state index is 6.38. The summed E-state index contributed by atoms with van der Waals surface area (Å²) in [5, 5.41) is 2.18. The number of nitrogens with zero attached hydrogens (tertiary/aromatic N) is 2. The lowest BCUT2D eigenvalue weighted by Crippen LogP contribution is -2.51. The van der Waals surface area contributed by atoms with E-state index in [1.165, 1.54) is 49.3 Å². The van der Waals surface area contributed by atoms with Crippen LogP contribution in [0.25, 0.3) is 0 Å². The van der Waals surface area contributed by atoms with Gasteiger partial charge in [-0.25, -0.2) is 0 Å². The fourth-order valence-electron chi connectivity index (χ4n) is 4.36. The molecule has 4 rings (SSSR count). The van der Waals surface area contributed by atoms with Gasteiger partial charge in [-0.3, -0.25) is 4.90 Å². The molecule has 0 aliphatic carbocycles. The standard InChI is InChI=1S/C22H30N2OS/c1-2-6-20(7-3-1)9-13-23-12-5-10-22(11-14-23)19-24(15-16-25-22)18-21-8-4-17-26-21/h1-4,6-8,17H,5,9-16,18-19H2/t22-/m0/s1. The number of hydrogen-bond acceptors (Lipinski definition) is 4. The molecule has 2 aliphatic heterocycles. The molecule has 0 saturated carbocycles. The lowest BCUT2D eigenvalue weighted by molar-refractivity contribution is -0.118. The van der Waals surface area contributed by atoms with Crippen LogP contribution in [0, 0.1) is 0 Å². The topological polar surface area (TPSA) is 15.7 Å². The summed E-state index contributed by atoms with van der Waals surface area (Å²) in [5.41, 5.74) is 1.53. The van der Waals surface area contributed by atoms with Crippen LogP contribution in [-0.2, 0) is 17.7 Å². The number of thiophene rings is 1. The van der Waals surface area contributed by atoms with Gasteiger partial charge in [0.05, 0.1) is 12.2 Å². The second-order valence-electron chi connectivity index (χ2n) is 7.75. The first-order valence-corrected chi connectivity index (χ1v) is 10.8. The average molecular weight is 371 g/mol. The number of benzene rings is 1. The highest BCUT2D eigenvalue weighted by molar-refractivity contribution is 7.09. The summed E-state index contributed by atoms with van der Waals surface area (Å²) in [7, 11) is 0. The fraction of sp³-hybridized carbons (Fsp3) is 0.545. The van der Waals surface area contributed by atoms with E-state index >= 15 is 0 Å². The van der Waals surface area contributed by atoms with Gasteiger partial charge in [-0.05, 0) is 49.2 Å². The molecular formula is C22H30N2OS. The minimum atomic E-state index is 0.0804. The number of likely N-dealkylation sites (tertiary alicyclic amines) is 1. The third kappa shape index (κ3) is 4.74. The highest BCUT2D eigenvalue weighted by Gasteiger charge is 2.38. The molecule has 1 aromatic carbocycles. The van der Waals surface area contributed by atoms with E-state index in [4.69, 9.17) is 4.74 Å². The minimum absolute atomic E-state index is 0.0804. The Hall–Kier alpha value is -1.20. The second kappa shape index (κ2) is 8.66. The van der Waals surface area contributed by atoms with Gasteiger partial charge in [0.2, 0.25) is 0 Å². The lowest BCUT2D eigenvalue weighted by Gasteiger charge is -2.42. The molecule has 4 heteroatoms. The Kier molecular flexibility index (Phi) is 6.05. The van der Waals surface area contributed by atoms with Crippen LogP contribution >= 0.6 is 11.3 Å². The molecule has 3 heterocycles. The second-order valence-corrected chi connectivity index (χ2v) is 8.78. The zero-order valence-corrected chi connectivity index (χ0v) is 16.4. The predicted molar refractivity (Wildman–Crippen MR) is 109 cm³/mol. The van der Waals surface area contributed by atoms with Gasteiger partial charge in [-0.2, -0.15) is 0 Å². The summed E-state index contributed by atoms with van der Waals surface area (Å²) >= 11 is 1.87. The lowest BCUT2D eigenvalue weighted by atomic mass is 9.92. The van der Waals surface area contributed by atoms with E-state index in [0.717, 1.165) is 32.7 Å². The number of hydrogen-bond donors (Lipinski definition) is 0. The van der Waals surface area contributed by atoms with Crippen LogP contribution in [0.5, 0.6) is 0 Å². The molecule has 2 fully saturated rings. The summed E-state index contributed by atoms with van der Waals surface area (Å²) in [6, 6.07) is 15.3. The molecule has 0 bridgehead atoms. The van der Waals surface area contributed by atoms with Crippen LogP contribution in [0.1, 0.15) is 29.7 Å². The Labute approximate surface area is 161 Å². The van der Waals surface area contributed by atoms with E-state index in [1.807, 2.05) is 11.3 Å². The van der Waals surface area contributed by atoms with Crippen molar-refractivity contribution in [3.63, 3.8) is 0 Å². The highest BCUT2D eigenvalue weighted by atomic mass is 32.1. The third-order valence-corrected chi connectivity index (χ3v) is 6.70. The molecule has 140 valence electrons. The zero-order valence-electron chi connectivity index (χ0n) is 15.6. The summed E-state index contributed by atoms with van der Waals surface area (Å²) in [4.78, 5) is 6.72. The van der Waals surface area contributed by atoms with Gasteiger partial charge in [0.25, 0.3) is 0 Å². The molecule has 0 unspecified atom stereocenters. The Morgan fingerprint density at radius 1 is 0.962 bits per heavy atom. The molecule has 0 amide bonds. The van der Waals surface area contributed by atoms with Crippen LogP contribution in [0.4, 0.5) is 0 Å². The van der Waals surface area contributed by atoms with Crippen molar-refractivity contribution in [2.45, 2.75) is 37.8 Å². The van der Waals surface area contributed by atoms with Crippen LogP contribution in [-0.4, -0.2) is 54.7 Å². The third-order valence-electron chi connectivity index (χ3n) is 5.84. The molecule has 1 atom stereocenters. The van der Waals surface area contributed by atoms with E-state index < -0.39 is 0 Å². The van der Waals surface area contributed by atoms with Crippen LogP contribution in [0.2, 0.25) is 0 Å². The maximum Gasteiger partial charge on any atom is 0.0822 e. The first-order valence-electron chi connectivity index (χ1n) is 9.96. The molecule has 3 nitrogen and oxygen atoms in total. The fourth-order valence-corrected chi connectivity index (χ4v) is 5.11. The summed E-state index contributed by atoms with van der Waals surface area (Å²) in [5.74, 6) is 0. The Bertz CT molecular complexity index is 660. The predicted octanol–water partition coefficient (Wildman–Crippen LogP) is 4.05. The van der Waals surface area contributed by atoms with Crippen LogP contribution in [0.15, 0.2) is 47.8 Å². The molecule has 2 aliphatic rings. The van der Waals surface area contributed by atoms with Crippen molar-refractivity contribution in [3.05, 3.63) is 58.3 Å². The Morgan fingerprint density at radius 3 is 2.73 bits per heavy atom. The molecule has 1 spiro atoms. The summed E-state index contributed by atoms with van der Waals surface area (Å²) in [6.07, 6.45) is 4.78. The van der Waals surface area contributed by atoms with Gasteiger partial charge >= 0.3 is 0 Å². The maximum absolute atomic E-state index is 6.38. The molecule has 2 saturated heterocycles. The van der Waals surface area contributed by atoms with Crippen molar-refractivity contribution in [3.8, 4) is 0 Å². The normalized spacial score (nSPS) is 25.4. The summed E-state index contributed by atoms with van der Waals surface area (Å²) < 4.78 is 6.38. The van der Waals surface area contributed by atoms with Gasteiger partial charge in [-0.15, -0.1) is 11.3 Å². The average Bonchev–Trinajstić information content (AvgIpc) is 3.10. The van der Waals surface area contributed by atoms with Crippen molar-refractivity contribution in [1.29, 1.82) is 0 Å². The van der Waals surface area contributed by atoms with Crippen molar-refractivity contribution in [2.75, 3.05) is 39.3 Å². The highest BCUT2D eigenvalue weighted by Crippen LogP contribution is 2.31. The largest absolute Gasteiger partial charge is 0.372 e. The van der Waals surface area contributed by atoms with Crippen LogP contribution in [0.3, 0.4) is 0 Å². The number of morpholine rings is 1. The van der Waals surface area contributed by atoms with Gasteiger partial charge in [0, 0.05) is 37.6 Å². The minimum Gasteiger partial charge on any atom is -0.372 e. The van der Waals surface area contributed by atoms with E-state index in [2.05, 4.69) is 57.6 Å². The van der Waals surface area contributed by atoms with Crippen molar-refractivity contribution in [1.82, 2.24) is 9.80 Å². The van der Waals surface area contributed by atoms with Crippen molar-refractivity contribution in [2.24, 2.45) is 0 Å². The number of ether oxygens (including phenoxy) is 1. The van der Waals surface area contributed by atoms with E-state index in [-0.39, 0.29) is 5.60 Å². The van der Waals surface area contributed by atoms with E-state index in [9.17, 15) is 0 Å². The van der Waals surface area contributed by atoms with E-state index in [0.29, 0.717) is 0 Å². The van der Waals surface area contributed by atoms with Gasteiger partial charge in [-0.1, -0.05) is 36.4 Å². The molecule has 0 N–H and O–H groups in total. The van der Waals surface area contributed by atoms with Crippen molar-refractivity contribution >= 4 is 11.3 Å². The van der Waals surface area contributed by atoms with Crippen LogP contribution < -0.4 is 0 Å². The Balaban J connectivity index is 1.30. The smallest absolute Gasteiger partial charge is 0.0822 e. The van der Waals surface area contributed by atoms with Gasteiger partial charge in [0.1, 0.15) is 0 Å². The molecule has 0 radical (unpaired) electrons. The molecular weight excluding hydrogens is 340 g/mol. The molecule has 1 aromatic heterocycles. The summed E-state index contributed by atoms with van der Waals surface area (Å²) in [6.45, 7) is 7.67. The first kappa shape index (κ1) is 18.2. The van der Waals surface area contributed by atoms with Gasteiger partial charge in [0.15, 0.2) is 0 Å². The SMILES string of the molecule is c1ccc(CCN2CCC[C@]3(CC2)CN(Cc2cccs2)CCO3)cc1.